The van der Waals surface area contributed by atoms with Crippen LogP contribution in [0.25, 0.3) is 11.5 Å². The second-order valence-electron chi connectivity index (χ2n) is 4.03. The van der Waals surface area contributed by atoms with Crippen LogP contribution in [0.15, 0.2) is 22.7 Å². The first-order chi connectivity index (χ1) is 8.60. The number of aromatic nitrogens is 2. The van der Waals surface area contributed by atoms with Crippen molar-refractivity contribution in [1.29, 1.82) is 0 Å². The second kappa shape index (κ2) is 6.84. The van der Waals surface area contributed by atoms with Gasteiger partial charge in [-0.1, -0.05) is 16.8 Å². The smallest absolute Gasteiger partial charge is 0.260 e. The van der Waals surface area contributed by atoms with Crippen molar-refractivity contribution in [3.63, 3.8) is 0 Å². The molecule has 1 heterocycles. The molecule has 1 atom stereocenters. The third-order valence-electron chi connectivity index (χ3n) is 2.61. The minimum Gasteiger partial charge on any atom is -0.334 e. The highest BCUT2D eigenvalue weighted by Gasteiger charge is 2.14. The van der Waals surface area contributed by atoms with Crippen molar-refractivity contribution in [2.75, 3.05) is 7.05 Å². The predicted octanol–water partition coefficient (Wildman–Crippen LogP) is 3.10. The van der Waals surface area contributed by atoms with Gasteiger partial charge in [0.15, 0.2) is 5.82 Å². The van der Waals surface area contributed by atoms with Crippen LogP contribution in [0.1, 0.15) is 12.7 Å². The van der Waals surface area contributed by atoms with Crippen molar-refractivity contribution in [2.45, 2.75) is 19.4 Å². The Morgan fingerprint density at radius 3 is 2.89 bits per heavy atom. The summed E-state index contributed by atoms with van der Waals surface area (Å²) in [6, 6.07) is 4.44. The van der Waals surface area contributed by atoms with E-state index in [1.54, 1.807) is 0 Å². The predicted molar refractivity (Wildman–Crippen MR) is 74.2 cm³/mol. The molecule has 1 aromatic heterocycles. The van der Waals surface area contributed by atoms with Crippen LogP contribution in [-0.2, 0) is 6.42 Å². The van der Waals surface area contributed by atoms with E-state index in [0.717, 1.165) is 0 Å². The number of nitrogens with one attached hydrogen (secondary N) is 1. The molecule has 19 heavy (non-hydrogen) atoms. The molecule has 0 saturated carbocycles. The number of nitrogens with zero attached hydrogens (tertiary/aromatic N) is 2. The molecule has 0 radical (unpaired) electrons. The molecule has 0 aliphatic rings. The molecular formula is C12H14Cl2FN3O. The van der Waals surface area contributed by atoms with Gasteiger partial charge >= 0.3 is 0 Å². The Kier molecular flexibility index (Phi) is 5.72. The van der Waals surface area contributed by atoms with Gasteiger partial charge in [0.25, 0.3) is 5.89 Å². The highest BCUT2D eigenvalue weighted by Crippen LogP contribution is 2.24. The standard InChI is InChI=1S/C12H13ClFN3O.ClH/c1-7(15-2)5-11-16-12(18-17-11)9-6-8(13)3-4-10(9)14;/h3-4,6-7,15H,5H2,1-2H3;1H. The van der Waals surface area contributed by atoms with Gasteiger partial charge in [-0.3, -0.25) is 0 Å². The molecule has 4 nitrogen and oxygen atoms in total. The van der Waals surface area contributed by atoms with E-state index in [1.807, 2.05) is 14.0 Å². The lowest BCUT2D eigenvalue weighted by molar-refractivity contribution is 0.416. The van der Waals surface area contributed by atoms with E-state index < -0.39 is 5.82 Å². The zero-order chi connectivity index (χ0) is 13.1. The summed E-state index contributed by atoms with van der Waals surface area (Å²) in [6.07, 6.45) is 0.613. The quantitative estimate of drug-likeness (QED) is 0.943. The molecule has 0 bridgehead atoms. The van der Waals surface area contributed by atoms with Crippen LogP contribution < -0.4 is 5.32 Å². The zero-order valence-electron chi connectivity index (χ0n) is 10.5. The first-order valence-electron chi connectivity index (χ1n) is 5.55. The average Bonchev–Trinajstić information content (AvgIpc) is 2.80. The fraction of sp³-hybridized carbons (Fsp3) is 0.333. The van der Waals surface area contributed by atoms with Crippen molar-refractivity contribution in [1.82, 2.24) is 15.5 Å². The number of hydrogen-bond donors (Lipinski definition) is 1. The van der Waals surface area contributed by atoms with Gasteiger partial charge in [-0.25, -0.2) is 4.39 Å². The summed E-state index contributed by atoms with van der Waals surface area (Å²) >= 11 is 5.81. The summed E-state index contributed by atoms with van der Waals surface area (Å²) in [4.78, 5) is 4.15. The Hall–Kier alpha value is -1.17. The van der Waals surface area contributed by atoms with E-state index in [1.165, 1.54) is 18.2 Å². The van der Waals surface area contributed by atoms with Gasteiger partial charge in [-0.15, -0.1) is 12.4 Å². The maximum atomic E-state index is 13.6. The molecular weight excluding hydrogens is 292 g/mol. The minimum absolute atomic E-state index is 0. The highest BCUT2D eigenvalue weighted by atomic mass is 35.5. The topological polar surface area (TPSA) is 51.0 Å². The van der Waals surface area contributed by atoms with E-state index >= 15 is 0 Å². The molecule has 2 rings (SSSR count). The van der Waals surface area contributed by atoms with Crippen LogP contribution in [0.5, 0.6) is 0 Å². The van der Waals surface area contributed by atoms with Crippen LogP contribution in [0.3, 0.4) is 0 Å². The summed E-state index contributed by atoms with van der Waals surface area (Å²) in [7, 11) is 1.85. The first-order valence-corrected chi connectivity index (χ1v) is 5.93. The number of hydrogen-bond acceptors (Lipinski definition) is 4. The van der Waals surface area contributed by atoms with E-state index in [0.29, 0.717) is 17.3 Å². The number of rotatable bonds is 4. The molecule has 7 heteroatoms. The molecule has 0 aliphatic carbocycles. The van der Waals surface area contributed by atoms with Crippen LogP contribution in [-0.4, -0.2) is 23.2 Å². The van der Waals surface area contributed by atoms with Crippen molar-refractivity contribution in [2.24, 2.45) is 0 Å². The number of halogens is 3. The molecule has 1 aromatic carbocycles. The van der Waals surface area contributed by atoms with Crippen molar-refractivity contribution in [3.05, 3.63) is 34.9 Å². The molecule has 0 amide bonds. The van der Waals surface area contributed by atoms with Crippen molar-refractivity contribution < 1.29 is 8.91 Å². The fourth-order valence-electron chi connectivity index (χ4n) is 1.48. The molecule has 104 valence electrons. The largest absolute Gasteiger partial charge is 0.334 e. The Bertz CT molecular complexity index is 548. The molecule has 0 aliphatic heterocycles. The zero-order valence-corrected chi connectivity index (χ0v) is 12.1. The molecule has 0 spiro atoms. The van der Waals surface area contributed by atoms with E-state index in [-0.39, 0.29) is 29.9 Å². The van der Waals surface area contributed by atoms with Crippen LogP contribution in [0.4, 0.5) is 4.39 Å². The number of benzene rings is 1. The Labute approximate surface area is 121 Å². The summed E-state index contributed by atoms with van der Waals surface area (Å²) in [5, 5.41) is 7.31. The van der Waals surface area contributed by atoms with Gasteiger partial charge in [0.2, 0.25) is 0 Å². The van der Waals surface area contributed by atoms with Gasteiger partial charge in [0, 0.05) is 17.5 Å². The lowest BCUT2D eigenvalue weighted by Crippen LogP contribution is -2.24. The third-order valence-corrected chi connectivity index (χ3v) is 2.84. The van der Waals surface area contributed by atoms with E-state index in [2.05, 4.69) is 15.5 Å². The van der Waals surface area contributed by atoms with Crippen LogP contribution in [0, 0.1) is 5.82 Å². The lowest BCUT2D eigenvalue weighted by Gasteiger charge is -2.04. The fourth-order valence-corrected chi connectivity index (χ4v) is 1.66. The average molecular weight is 306 g/mol. The second-order valence-corrected chi connectivity index (χ2v) is 4.47. The molecule has 0 saturated heterocycles. The SMILES string of the molecule is CNC(C)Cc1noc(-c2cc(Cl)ccc2F)n1.Cl. The van der Waals surface area contributed by atoms with E-state index in [9.17, 15) is 4.39 Å². The first kappa shape index (κ1) is 15.9. The monoisotopic (exact) mass is 305 g/mol. The third kappa shape index (κ3) is 3.89. The maximum absolute atomic E-state index is 13.6. The summed E-state index contributed by atoms with van der Waals surface area (Å²) < 4.78 is 18.6. The normalized spacial score (nSPS) is 12.0. The highest BCUT2D eigenvalue weighted by molar-refractivity contribution is 6.30. The molecule has 1 N–H and O–H groups in total. The van der Waals surface area contributed by atoms with Gasteiger partial charge in [0.1, 0.15) is 5.82 Å². The van der Waals surface area contributed by atoms with Crippen molar-refractivity contribution >= 4 is 24.0 Å². The Balaban J connectivity index is 0.00000180. The van der Waals surface area contributed by atoms with Gasteiger partial charge in [-0.05, 0) is 32.2 Å². The summed E-state index contributed by atoms with van der Waals surface area (Å²) in [5.74, 6) is 0.246. The maximum Gasteiger partial charge on any atom is 0.260 e. The Morgan fingerprint density at radius 2 is 2.21 bits per heavy atom. The molecule has 0 fully saturated rings. The van der Waals surface area contributed by atoms with E-state index in [4.69, 9.17) is 16.1 Å². The molecule has 1 unspecified atom stereocenters. The summed E-state index contributed by atoms with van der Waals surface area (Å²) in [5.41, 5.74) is 0.221. The van der Waals surface area contributed by atoms with Crippen LogP contribution in [0.2, 0.25) is 5.02 Å². The summed E-state index contributed by atoms with van der Waals surface area (Å²) in [6.45, 7) is 2.00. The van der Waals surface area contributed by atoms with Crippen molar-refractivity contribution in [3.8, 4) is 11.5 Å². The van der Waals surface area contributed by atoms with Gasteiger partial charge in [0.05, 0.1) is 5.56 Å². The van der Waals surface area contributed by atoms with Gasteiger partial charge in [-0.2, -0.15) is 4.98 Å². The minimum atomic E-state index is -0.434. The van der Waals surface area contributed by atoms with Crippen LogP contribution >= 0.6 is 24.0 Å². The lowest BCUT2D eigenvalue weighted by atomic mass is 10.2. The van der Waals surface area contributed by atoms with Gasteiger partial charge < -0.3 is 9.84 Å². The molecule has 2 aromatic rings. The number of likely N-dealkylation sites (N-methyl/N-ethyl adjacent to an activating group) is 1. The Morgan fingerprint density at radius 1 is 1.47 bits per heavy atom.